The molecule has 0 heterocycles. The molecule has 3 nitrogen and oxygen atoms in total. The molecule has 0 aliphatic carbocycles. The van der Waals surface area contributed by atoms with Crippen LogP contribution >= 0.6 is 0 Å². The molecule has 0 unspecified atom stereocenters. The Balaban J connectivity index is 2.15. The van der Waals surface area contributed by atoms with Crippen LogP contribution in [0.1, 0.15) is 28.4 Å². The van der Waals surface area contributed by atoms with Gasteiger partial charge in [0, 0.05) is 30.5 Å². The number of carbonyl (C=O) groups excluding carboxylic acids is 1. The van der Waals surface area contributed by atoms with E-state index in [4.69, 9.17) is 0 Å². The second-order valence-electron chi connectivity index (χ2n) is 5.26. The van der Waals surface area contributed by atoms with Gasteiger partial charge in [-0.05, 0) is 62.2 Å². The van der Waals surface area contributed by atoms with Crippen LogP contribution in [0.25, 0.3) is 0 Å². The van der Waals surface area contributed by atoms with Crippen molar-refractivity contribution in [3.8, 4) is 0 Å². The lowest BCUT2D eigenvalue weighted by Gasteiger charge is -2.17. The van der Waals surface area contributed by atoms with Crippen molar-refractivity contribution in [2.75, 3.05) is 23.8 Å². The van der Waals surface area contributed by atoms with Crippen LogP contribution in [-0.4, -0.2) is 19.5 Å². The van der Waals surface area contributed by atoms with Crippen LogP contribution in [-0.2, 0) is 0 Å². The van der Waals surface area contributed by atoms with Gasteiger partial charge < -0.3 is 10.2 Å². The fourth-order valence-electron chi connectivity index (χ4n) is 2.13. The molecule has 0 aromatic heterocycles. The lowest BCUT2D eigenvalue weighted by molar-refractivity contribution is 0.102. The second kappa shape index (κ2) is 6.44. The molecule has 0 saturated heterocycles. The van der Waals surface area contributed by atoms with Crippen molar-refractivity contribution in [1.82, 2.24) is 0 Å². The molecule has 1 N–H and O–H groups in total. The maximum Gasteiger partial charge on any atom is 0.255 e. The minimum atomic E-state index is -0.0746. The molecule has 0 spiro atoms. The van der Waals surface area contributed by atoms with Gasteiger partial charge in [-0.15, -0.1) is 0 Å². The Kier molecular flexibility index (Phi) is 4.63. The van der Waals surface area contributed by atoms with Crippen LogP contribution in [0.3, 0.4) is 0 Å². The molecule has 1 amide bonds. The van der Waals surface area contributed by atoms with E-state index in [1.807, 2.05) is 63.4 Å². The fourth-order valence-corrected chi connectivity index (χ4v) is 2.13. The monoisotopic (exact) mass is 282 g/mol. The first-order chi connectivity index (χ1) is 10.0. The summed E-state index contributed by atoms with van der Waals surface area (Å²) in [5, 5.41) is 2.98. The van der Waals surface area contributed by atoms with Crippen LogP contribution in [0, 0.1) is 13.8 Å². The number of amides is 1. The largest absolute Gasteiger partial charge is 0.375 e. The van der Waals surface area contributed by atoms with Gasteiger partial charge in [0.1, 0.15) is 0 Å². The molecule has 110 valence electrons. The van der Waals surface area contributed by atoms with E-state index < -0.39 is 0 Å². The fraction of sp³-hybridized carbons (Fsp3) is 0.278. The molecule has 0 bridgehead atoms. The van der Waals surface area contributed by atoms with Crippen molar-refractivity contribution in [1.29, 1.82) is 0 Å². The van der Waals surface area contributed by atoms with E-state index in [9.17, 15) is 4.79 Å². The highest BCUT2D eigenvalue weighted by molar-refractivity contribution is 6.04. The van der Waals surface area contributed by atoms with Crippen LogP contribution in [0.15, 0.2) is 42.5 Å². The molecule has 0 saturated carbocycles. The van der Waals surface area contributed by atoms with E-state index >= 15 is 0 Å². The summed E-state index contributed by atoms with van der Waals surface area (Å²) in [6.07, 6.45) is 0. The molecular weight excluding hydrogens is 260 g/mol. The lowest BCUT2D eigenvalue weighted by atomic mass is 10.1. The summed E-state index contributed by atoms with van der Waals surface area (Å²) in [7, 11) is 2.03. The van der Waals surface area contributed by atoms with Crippen molar-refractivity contribution in [2.24, 2.45) is 0 Å². The van der Waals surface area contributed by atoms with E-state index in [0.29, 0.717) is 5.56 Å². The average Bonchev–Trinajstić information content (AvgIpc) is 2.51. The predicted molar refractivity (Wildman–Crippen MR) is 89.3 cm³/mol. The van der Waals surface area contributed by atoms with Gasteiger partial charge in [0.15, 0.2) is 0 Å². The normalized spacial score (nSPS) is 10.3. The van der Waals surface area contributed by atoms with Gasteiger partial charge in [-0.2, -0.15) is 0 Å². The number of hydrogen-bond acceptors (Lipinski definition) is 2. The molecule has 2 aromatic carbocycles. The van der Waals surface area contributed by atoms with Crippen LogP contribution < -0.4 is 10.2 Å². The Labute approximate surface area is 126 Å². The molecule has 21 heavy (non-hydrogen) atoms. The number of anilines is 2. The van der Waals surface area contributed by atoms with Crippen molar-refractivity contribution in [3.63, 3.8) is 0 Å². The van der Waals surface area contributed by atoms with Gasteiger partial charge in [0.2, 0.25) is 0 Å². The first kappa shape index (κ1) is 15.1. The molecule has 0 fully saturated rings. The molecule has 2 aromatic rings. The number of nitrogens with one attached hydrogen (secondary N) is 1. The summed E-state index contributed by atoms with van der Waals surface area (Å²) in [5.74, 6) is -0.0746. The minimum absolute atomic E-state index is 0.0746. The average molecular weight is 282 g/mol. The third-order valence-electron chi connectivity index (χ3n) is 3.90. The van der Waals surface area contributed by atoms with Crippen molar-refractivity contribution in [2.45, 2.75) is 20.8 Å². The van der Waals surface area contributed by atoms with Crippen molar-refractivity contribution in [3.05, 3.63) is 59.2 Å². The number of aryl methyl sites for hydroxylation is 1. The maximum atomic E-state index is 12.3. The third-order valence-corrected chi connectivity index (χ3v) is 3.90. The zero-order valence-electron chi connectivity index (χ0n) is 13.1. The van der Waals surface area contributed by atoms with Gasteiger partial charge in [-0.25, -0.2) is 0 Å². The highest BCUT2D eigenvalue weighted by Crippen LogP contribution is 2.19. The Hall–Kier alpha value is -2.29. The first-order valence-corrected chi connectivity index (χ1v) is 7.21. The summed E-state index contributed by atoms with van der Waals surface area (Å²) in [6.45, 7) is 7.10. The quantitative estimate of drug-likeness (QED) is 0.919. The van der Waals surface area contributed by atoms with E-state index in [-0.39, 0.29) is 5.91 Å². The van der Waals surface area contributed by atoms with Crippen molar-refractivity contribution >= 4 is 17.3 Å². The van der Waals surface area contributed by atoms with E-state index in [1.54, 1.807) is 0 Å². The van der Waals surface area contributed by atoms with Crippen LogP contribution in [0.5, 0.6) is 0 Å². The van der Waals surface area contributed by atoms with E-state index in [2.05, 4.69) is 17.1 Å². The maximum absolute atomic E-state index is 12.3. The molecule has 0 aliphatic rings. The van der Waals surface area contributed by atoms with Gasteiger partial charge in [0.05, 0.1) is 0 Å². The predicted octanol–water partition coefficient (Wildman–Crippen LogP) is 4.01. The number of nitrogens with zero attached hydrogens (tertiary/aromatic N) is 1. The Morgan fingerprint density at radius 3 is 2.38 bits per heavy atom. The number of benzene rings is 2. The van der Waals surface area contributed by atoms with Gasteiger partial charge in [-0.3, -0.25) is 4.79 Å². The Morgan fingerprint density at radius 2 is 1.76 bits per heavy atom. The zero-order chi connectivity index (χ0) is 15.4. The second-order valence-corrected chi connectivity index (χ2v) is 5.26. The molecule has 3 heteroatoms. The standard InChI is InChI=1S/C18H22N2O/c1-5-20(4)16-11-9-15(10-12-16)18(21)19-17-8-6-7-13(2)14(17)3/h6-12H,5H2,1-4H3,(H,19,21). The topological polar surface area (TPSA) is 32.3 Å². The Bertz CT molecular complexity index is 632. The number of hydrogen-bond donors (Lipinski definition) is 1. The van der Waals surface area contributed by atoms with Gasteiger partial charge >= 0.3 is 0 Å². The van der Waals surface area contributed by atoms with Crippen LogP contribution in [0.4, 0.5) is 11.4 Å². The highest BCUT2D eigenvalue weighted by atomic mass is 16.1. The number of rotatable bonds is 4. The lowest BCUT2D eigenvalue weighted by Crippen LogP contribution is -2.16. The zero-order valence-corrected chi connectivity index (χ0v) is 13.1. The smallest absolute Gasteiger partial charge is 0.255 e. The van der Waals surface area contributed by atoms with Crippen molar-refractivity contribution < 1.29 is 4.79 Å². The molecular formula is C18H22N2O. The van der Waals surface area contributed by atoms with E-state index in [1.165, 1.54) is 5.56 Å². The molecule has 0 atom stereocenters. The van der Waals surface area contributed by atoms with Gasteiger partial charge in [0.25, 0.3) is 5.91 Å². The van der Waals surface area contributed by atoms with E-state index in [0.717, 1.165) is 23.5 Å². The third kappa shape index (κ3) is 3.43. The highest BCUT2D eigenvalue weighted by Gasteiger charge is 2.09. The molecule has 0 radical (unpaired) electrons. The SMILES string of the molecule is CCN(C)c1ccc(C(=O)Nc2cccc(C)c2C)cc1. The summed E-state index contributed by atoms with van der Waals surface area (Å²) in [5.41, 5.74) is 4.93. The Morgan fingerprint density at radius 1 is 1.10 bits per heavy atom. The molecule has 0 aliphatic heterocycles. The summed E-state index contributed by atoms with van der Waals surface area (Å²) < 4.78 is 0. The summed E-state index contributed by atoms with van der Waals surface area (Å²) in [4.78, 5) is 14.4. The van der Waals surface area contributed by atoms with Crippen LogP contribution in [0.2, 0.25) is 0 Å². The van der Waals surface area contributed by atoms with Gasteiger partial charge in [-0.1, -0.05) is 12.1 Å². The minimum Gasteiger partial charge on any atom is -0.375 e. The first-order valence-electron chi connectivity index (χ1n) is 7.21. The summed E-state index contributed by atoms with van der Waals surface area (Å²) >= 11 is 0. The number of carbonyl (C=O) groups is 1. The summed E-state index contributed by atoms with van der Waals surface area (Å²) in [6, 6.07) is 13.6. The molecule has 2 rings (SSSR count).